The fraction of sp³-hybridized carbons (Fsp3) is 0.235. The second-order valence-corrected chi connectivity index (χ2v) is 6.56. The second kappa shape index (κ2) is 6.22. The van der Waals surface area contributed by atoms with Gasteiger partial charge in [-0.3, -0.25) is 4.21 Å². The zero-order valence-electron chi connectivity index (χ0n) is 11.8. The highest BCUT2D eigenvalue weighted by atomic mass is 32.2. The molecule has 0 N–H and O–H groups in total. The predicted octanol–water partition coefficient (Wildman–Crippen LogP) is 3.28. The molecule has 1 heterocycles. The Hall–Kier alpha value is -1.94. The summed E-state index contributed by atoms with van der Waals surface area (Å²) in [5.74, 6) is 0.473. The van der Waals surface area contributed by atoms with Crippen molar-refractivity contribution < 1.29 is 9.05 Å². The second-order valence-electron chi connectivity index (χ2n) is 5.13. The summed E-state index contributed by atoms with van der Waals surface area (Å²) in [6, 6.07) is 20.2. The van der Waals surface area contributed by atoms with Gasteiger partial charge in [0, 0.05) is 17.1 Å². The van der Waals surface area contributed by atoms with E-state index in [1.165, 1.54) is 0 Å². The Morgan fingerprint density at radius 1 is 1.00 bits per heavy atom. The van der Waals surface area contributed by atoms with Crippen LogP contribution in [0.3, 0.4) is 0 Å². The first-order valence-corrected chi connectivity index (χ1v) is 8.61. The van der Waals surface area contributed by atoms with Gasteiger partial charge in [0.1, 0.15) is 0 Å². The monoisotopic (exact) mass is 299 g/mol. The van der Waals surface area contributed by atoms with Crippen molar-refractivity contribution in [3.63, 3.8) is 0 Å². The van der Waals surface area contributed by atoms with Crippen molar-refractivity contribution in [1.29, 1.82) is 0 Å². The molecule has 3 rings (SSSR count). The maximum absolute atomic E-state index is 11.6. The number of benzene rings is 2. The molecule has 0 saturated carbocycles. The zero-order chi connectivity index (χ0) is 14.7. The highest BCUT2D eigenvalue weighted by Gasteiger charge is 2.36. The van der Waals surface area contributed by atoms with Gasteiger partial charge in [-0.1, -0.05) is 65.8 Å². The molecule has 1 unspecified atom stereocenters. The fourth-order valence-electron chi connectivity index (χ4n) is 2.66. The zero-order valence-corrected chi connectivity index (χ0v) is 12.6. The summed E-state index contributed by atoms with van der Waals surface area (Å²) >= 11 is 0. The maximum atomic E-state index is 11.6. The molecule has 0 radical (unpaired) electrons. The topological polar surface area (TPSA) is 38.7 Å². The first-order valence-electron chi connectivity index (χ1n) is 6.88. The van der Waals surface area contributed by atoms with E-state index in [9.17, 15) is 4.21 Å². The predicted molar refractivity (Wildman–Crippen MR) is 85.8 cm³/mol. The molecule has 0 fully saturated rings. The first-order chi connectivity index (χ1) is 10.3. The largest absolute Gasteiger partial charge is 0.387 e. The average Bonchev–Trinajstić information content (AvgIpc) is 2.92. The van der Waals surface area contributed by atoms with E-state index in [1.54, 1.807) is 6.26 Å². The van der Waals surface area contributed by atoms with Crippen molar-refractivity contribution in [2.45, 2.75) is 12.0 Å². The van der Waals surface area contributed by atoms with Gasteiger partial charge in [-0.05, 0) is 11.1 Å². The van der Waals surface area contributed by atoms with Crippen LogP contribution in [0, 0.1) is 0 Å². The number of nitrogens with zero attached hydrogens (tertiary/aromatic N) is 1. The Morgan fingerprint density at radius 3 is 2.14 bits per heavy atom. The molecule has 21 heavy (non-hydrogen) atoms. The lowest BCUT2D eigenvalue weighted by molar-refractivity contribution is 0.0763. The van der Waals surface area contributed by atoms with Crippen LogP contribution >= 0.6 is 0 Å². The lowest BCUT2D eigenvalue weighted by Crippen LogP contribution is -2.20. The van der Waals surface area contributed by atoms with Crippen LogP contribution in [0.15, 0.2) is 65.8 Å². The van der Waals surface area contributed by atoms with Gasteiger partial charge in [0.15, 0.2) is 6.10 Å². The van der Waals surface area contributed by atoms with Crippen molar-refractivity contribution in [2.75, 3.05) is 12.0 Å². The van der Waals surface area contributed by atoms with E-state index in [4.69, 9.17) is 4.84 Å². The Bertz CT molecular complexity index is 655. The van der Waals surface area contributed by atoms with Crippen LogP contribution in [0.1, 0.15) is 23.1 Å². The van der Waals surface area contributed by atoms with Crippen LogP contribution in [-0.2, 0) is 15.6 Å². The van der Waals surface area contributed by atoms with E-state index in [1.807, 2.05) is 48.5 Å². The van der Waals surface area contributed by atoms with Crippen LogP contribution < -0.4 is 0 Å². The van der Waals surface area contributed by atoms with E-state index in [0.29, 0.717) is 5.75 Å². The summed E-state index contributed by atoms with van der Waals surface area (Å²) in [5.41, 5.74) is 3.09. The van der Waals surface area contributed by atoms with Crippen LogP contribution in [0.25, 0.3) is 0 Å². The van der Waals surface area contributed by atoms with E-state index in [0.717, 1.165) is 16.8 Å². The normalized spacial score (nSPS) is 22.4. The molecule has 1 aliphatic rings. The van der Waals surface area contributed by atoms with E-state index in [-0.39, 0.29) is 12.0 Å². The molecular weight excluding hydrogens is 282 g/mol. The Morgan fingerprint density at radius 2 is 1.57 bits per heavy atom. The third-order valence-corrected chi connectivity index (χ3v) is 4.29. The van der Waals surface area contributed by atoms with Crippen molar-refractivity contribution in [2.24, 2.45) is 5.16 Å². The first kappa shape index (κ1) is 14.0. The highest BCUT2D eigenvalue weighted by molar-refractivity contribution is 7.85. The van der Waals surface area contributed by atoms with Crippen LogP contribution in [0.5, 0.6) is 0 Å². The van der Waals surface area contributed by atoms with Crippen molar-refractivity contribution in [1.82, 2.24) is 0 Å². The standard InChI is InChI=1S/C17H17NO2S/c1-21(19)12-15-16(13-8-4-2-5-9-13)17(20-18-15)14-10-6-3-7-11-14/h2-11,16-17H,12H2,1H3/t16-,17+,21?/m0/s1. The van der Waals surface area contributed by atoms with E-state index >= 15 is 0 Å². The van der Waals surface area contributed by atoms with Crippen LogP contribution in [0.4, 0.5) is 0 Å². The van der Waals surface area contributed by atoms with Crippen LogP contribution in [-0.4, -0.2) is 21.9 Å². The molecule has 3 atom stereocenters. The molecule has 0 saturated heterocycles. The van der Waals surface area contributed by atoms with Gasteiger partial charge in [-0.15, -0.1) is 0 Å². The highest BCUT2D eigenvalue weighted by Crippen LogP contribution is 2.39. The van der Waals surface area contributed by atoms with Gasteiger partial charge in [0.05, 0.1) is 17.4 Å². The molecule has 0 amide bonds. The average molecular weight is 299 g/mol. The van der Waals surface area contributed by atoms with Crippen molar-refractivity contribution >= 4 is 16.5 Å². The van der Waals surface area contributed by atoms with Gasteiger partial charge in [-0.25, -0.2) is 0 Å². The number of hydrogen-bond acceptors (Lipinski definition) is 3. The minimum Gasteiger partial charge on any atom is -0.387 e. The lowest BCUT2D eigenvalue weighted by atomic mass is 9.86. The Balaban J connectivity index is 1.97. The number of hydrogen-bond donors (Lipinski definition) is 0. The molecule has 0 aromatic heterocycles. The molecule has 0 spiro atoms. The molecule has 1 aliphatic heterocycles. The van der Waals surface area contributed by atoms with Crippen LogP contribution in [0.2, 0.25) is 0 Å². The summed E-state index contributed by atoms with van der Waals surface area (Å²) in [6.07, 6.45) is 1.55. The van der Waals surface area contributed by atoms with E-state index < -0.39 is 10.8 Å². The molecule has 0 bridgehead atoms. The van der Waals surface area contributed by atoms with Gasteiger partial charge in [-0.2, -0.15) is 0 Å². The minimum absolute atomic E-state index is 0.0255. The summed E-state index contributed by atoms with van der Waals surface area (Å²) < 4.78 is 11.6. The lowest BCUT2D eigenvalue weighted by Gasteiger charge is -2.19. The smallest absolute Gasteiger partial charge is 0.164 e. The molecule has 0 aliphatic carbocycles. The summed E-state index contributed by atoms with van der Waals surface area (Å²) in [5, 5.41) is 4.22. The quantitative estimate of drug-likeness (QED) is 0.869. The molecule has 2 aromatic carbocycles. The summed E-state index contributed by atoms with van der Waals surface area (Å²) in [6.45, 7) is 0. The molecular formula is C17H17NO2S. The molecule has 108 valence electrons. The fourth-order valence-corrected chi connectivity index (χ4v) is 3.31. The van der Waals surface area contributed by atoms with Gasteiger partial charge >= 0.3 is 0 Å². The Kier molecular flexibility index (Phi) is 4.15. The maximum Gasteiger partial charge on any atom is 0.164 e. The molecule has 4 heteroatoms. The minimum atomic E-state index is -0.932. The summed E-state index contributed by atoms with van der Waals surface area (Å²) in [7, 11) is -0.932. The van der Waals surface area contributed by atoms with E-state index in [2.05, 4.69) is 17.3 Å². The number of rotatable bonds is 4. The SMILES string of the molecule is CS(=O)CC1=NO[C@H](c2ccccc2)[C@H]1c1ccccc1. The van der Waals surface area contributed by atoms with Gasteiger partial charge < -0.3 is 4.84 Å². The summed E-state index contributed by atoms with van der Waals surface area (Å²) in [4.78, 5) is 5.67. The van der Waals surface area contributed by atoms with Gasteiger partial charge in [0.2, 0.25) is 0 Å². The number of oxime groups is 1. The van der Waals surface area contributed by atoms with Crippen molar-refractivity contribution in [3.05, 3.63) is 71.8 Å². The third kappa shape index (κ3) is 3.05. The molecule has 3 nitrogen and oxygen atoms in total. The Labute approximate surface area is 127 Å². The molecule has 2 aromatic rings. The third-order valence-electron chi connectivity index (χ3n) is 3.58. The van der Waals surface area contributed by atoms with Gasteiger partial charge in [0.25, 0.3) is 0 Å². The van der Waals surface area contributed by atoms with Crippen molar-refractivity contribution in [3.8, 4) is 0 Å².